The number of nitrogens with one attached hydrogen (secondary N) is 2. The topological polar surface area (TPSA) is 79.3 Å². The third-order valence-electron chi connectivity index (χ3n) is 4.57. The summed E-state index contributed by atoms with van der Waals surface area (Å²) in [7, 11) is 0. The quantitative estimate of drug-likeness (QED) is 0.751. The first kappa shape index (κ1) is 17.0. The maximum Gasteiger partial charge on any atom is 0.273 e. The summed E-state index contributed by atoms with van der Waals surface area (Å²) >= 11 is 0. The predicted molar refractivity (Wildman–Crippen MR) is 105 cm³/mol. The molecule has 6 heteroatoms. The highest BCUT2D eigenvalue weighted by Crippen LogP contribution is 2.19. The van der Waals surface area contributed by atoms with Gasteiger partial charge in [0, 0.05) is 18.8 Å². The van der Waals surface area contributed by atoms with Gasteiger partial charge in [-0.05, 0) is 30.9 Å². The number of hydrogen-bond donors (Lipinski definition) is 2. The average Bonchev–Trinajstić information content (AvgIpc) is 3.11. The van der Waals surface area contributed by atoms with Crippen LogP contribution in [0.2, 0.25) is 0 Å². The monoisotopic (exact) mass is 360 g/mol. The van der Waals surface area contributed by atoms with Crippen LogP contribution >= 0.6 is 0 Å². The van der Waals surface area contributed by atoms with Crippen molar-refractivity contribution in [2.24, 2.45) is 0 Å². The number of rotatable bonds is 4. The van der Waals surface area contributed by atoms with Crippen LogP contribution in [-0.4, -0.2) is 20.5 Å². The second-order valence-corrected chi connectivity index (χ2v) is 6.64. The second-order valence-electron chi connectivity index (χ2n) is 6.64. The number of carbonyl (C=O) groups is 1. The Morgan fingerprint density at radius 1 is 1.30 bits per heavy atom. The lowest BCUT2D eigenvalue weighted by molar-refractivity contribution is 0.0952. The molecule has 2 N–H and O–H groups in total. The third kappa shape index (κ3) is 3.46. The molecule has 0 radical (unpaired) electrons. The molecular weight excluding hydrogens is 340 g/mol. The molecule has 0 bridgehead atoms. The van der Waals surface area contributed by atoms with E-state index >= 15 is 0 Å². The van der Waals surface area contributed by atoms with Gasteiger partial charge >= 0.3 is 0 Å². The van der Waals surface area contributed by atoms with Crippen LogP contribution in [0.15, 0.2) is 59.6 Å². The van der Waals surface area contributed by atoms with Gasteiger partial charge in [0.25, 0.3) is 11.5 Å². The number of allylic oxidation sites excluding steroid dienone is 4. The van der Waals surface area contributed by atoms with Crippen molar-refractivity contribution < 1.29 is 4.79 Å². The zero-order chi connectivity index (χ0) is 18.8. The molecule has 6 nitrogen and oxygen atoms in total. The zero-order valence-corrected chi connectivity index (χ0v) is 15.0. The van der Waals surface area contributed by atoms with Crippen LogP contribution < -0.4 is 10.9 Å². The molecule has 0 unspecified atom stereocenters. The number of H-pyrrole nitrogens is 1. The van der Waals surface area contributed by atoms with E-state index in [1.807, 2.05) is 37.3 Å². The minimum Gasteiger partial charge on any atom is -0.348 e. The van der Waals surface area contributed by atoms with Gasteiger partial charge < -0.3 is 5.32 Å². The minimum absolute atomic E-state index is 0.243. The van der Waals surface area contributed by atoms with E-state index < -0.39 is 0 Å². The van der Waals surface area contributed by atoms with E-state index in [4.69, 9.17) is 0 Å². The summed E-state index contributed by atoms with van der Waals surface area (Å²) < 4.78 is 1.29. The van der Waals surface area contributed by atoms with Crippen molar-refractivity contribution >= 4 is 17.1 Å². The molecule has 1 amide bonds. The Bertz CT molecular complexity index is 1130. The molecule has 1 aliphatic carbocycles. The lowest BCUT2D eigenvalue weighted by Crippen LogP contribution is -2.23. The molecule has 0 saturated heterocycles. The van der Waals surface area contributed by atoms with Gasteiger partial charge in [-0.25, -0.2) is 9.50 Å². The highest BCUT2D eigenvalue weighted by Gasteiger charge is 2.16. The number of carbonyl (C=O) groups excluding carboxylic acids is 1. The summed E-state index contributed by atoms with van der Waals surface area (Å²) in [5.74, 6) is -0.271. The number of fused-ring (bicyclic) bond motifs is 1. The Kier molecular flexibility index (Phi) is 4.46. The predicted octanol–water partition coefficient (Wildman–Crippen LogP) is 2.99. The summed E-state index contributed by atoms with van der Waals surface area (Å²) in [5.41, 5.74) is 4.09. The number of nitrogens with zero attached hydrogens (tertiary/aromatic N) is 2. The maximum absolute atomic E-state index is 12.7. The van der Waals surface area contributed by atoms with E-state index in [0.717, 1.165) is 29.5 Å². The summed E-state index contributed by atoms with van der Waals surface area (Å²) in [4.78, 5) is 29.6. The second kappa shape index (κ2) is 7.07. The van der Waals surface area contributed by atoms with Crippen molar-refractivity contribution in [2.45, 2.75) is 26.3 Å². The van der Waals surface area contributed by atoms with Crippen molar-refractivity contribution in [3.05, 3.63) is 87.5 Å². The molecule has 1 aliphatic rings. The highest BCUT2D eigenvalue weighted by atomic mass is 16.2. The van der Waals surface area contributed by atoms with E-state index in [9.17, 15) is 9.59 Å². The largest absolute Gasteiger partial charge is 0.348 e. The van der Waals surface area contributed by atoms with Crippen LogP contribution in [-0.2, 0) is 6.54 Å². The lowest BCUT2D eigenvalue weighted by atomic mass is 10.0. The number of amides is 1. The molecule has 0 saturated carbocycles. The van der Waals surface area contributed by atoms with Gasteiger partial charge in [-0.1, -0.05) is 48.1 Å². The molecule has 2 aromatic heterocycles. The van der Waals surface area contributed by atoms with Crippen molar-refractivity contribution in [1.82, 2.24) is 19.9 Å². The van der Waals surface area contributed by atoms with Gasteiger partial charge in [-0.3, -0.25) is 14.7 Å². The highest BCUT2D eigenvalue weighted by molar-refractivity contribution is 5.99. The first-order valence-electron chi connectivity index (χ1n) is 8.94. The van der Waals surface area contributed by atoms with Crippen LogP contribution in [0.1, 0.15) is 40.0 Å². The van der Waals surface area contributed by atoms with Crippen LogP contribution in [0.25, 0.3) is 11.2 Å². The van der Waals surface area contributed by atoms with Crippen molar-refractivity contribution in [3.63, 3.8) is 0 Å². The fraction of sp³-hybridized carbons (Fsp3) is 0.190. The Morgan fingerprint density at radius 3 is 2.96 bits per heavy atom. The Balaban J connectivity index is 1.64. The number of aromatic amines is 1. The molecule has 27 heavy (non-hydrogen) atoms. The van der Waals surface area contributed by atoms with Gasteiger partial charge in [-0.2, -0.15) is 0 Å². The van der Waals surface area contributed by atoms with Gasteiger partial charge in [0.2, 0.25) is 0 Å². The number of aromatic nitrogens is 3. The van der Waals surface area contributed by atoms with Crippen LogP contribution in [0, 0.1) is 6.92 Å². The first-order chi connectivity index (χ1) is 13.1. The summed E-state index contributed by atoms with van der Waals surface area (Å²) in [6, 6.07) is 9.45. The van der Waals surface area contributed by atoms with E-state index in [2.05, 4.69) is 27.6 Å². The average molecular weight is 360 g/mol. The van der Waals surface area contributed by atoms with Gasteiger partial charge in [0.1, 0.15) is 5.56 Å². The number of hydrogen-bond acceptors (Lipinski definition) is 3. The fourth-order valence-corrected chi connectivity index (χ4v) is 3.20. The van der Waals surface area contributed by atoms with E-state index in [0.29, 0.717) is 23.4 Å². The number of aryl methyl sites for hydroxylation is 1. The molecule has 4 rings (SSSR count). The van der Waals surface area contributed by atoms with E-state index in [-0.39, 0.29) is 11.5 Å². The van der Waals surface area contributed by atoms with E-state index in [1.165, 1.54) is 16.8 Å². The van der Waals surface area contributed by atoms with Crippen molar-refractivity contribution in [3.8, 4) is 0 Å². The van der Waals surface area contributed by atoms with Gasteiger partial charge in [0.15, 0.2) is 5.65 Å². The molecule has 2 heterocycles. The Hall–Kier alpha value is -3.41. The van der Waals surface area contributed by atoms with Crippen LogP contribution in [0.3, 0.4) is 0 Å². The standard InChI is InChI=1S/C21H20N4O2/c1-14-6-5-7-15(10-14)12-22-21(27)17-13-23-25-19(26)11-18(24-20(17)25)16-8-3-2-4-9-16/h3,5-11,13,23H,2,4,12H2,1H3,(H,22,27). The number of benzene rings is 1. The maximum atomic E-state index is 12.7. The normalized spacial score (nSPS) is 13.6. The van der Waals surface area contributed by atoms with Crippen molar-refractivity contribution in [2.75, 3.05) is 0 Å². The molecule has 0 fully saturated rings. The van der Waals surface area contributed by atoms with Gasteiger partial charge in [0.05, 0.1) is 5.69 Å². The Morgan fingerprint density at radius 2 is 2.19 bits per heavy atom. The molecule has 1 aromatic carbocycles. The third-order valence-corrected chi connectivity index (χ3v) is 4.57. The zero-order valence-electron chi connectivity index (χ0n) is 15.0. The first-order valence-corrected chi connectivity index (χ1v) is 8.94. The smallest absolute Gasteiger partial charge is 0.273 e. The summed E-state index contributed by atoms with van der Waals surface area (Å²) in [6.45, 7) is 2.42. The fourth-order valence-electron chi connectivity index (χ4n) is 3.20. The molecule has 3 aromatic rings. The minimum atomic E-state index is -0.271. The Labute approximate surface area is 156 Å². The molecule has 0 spiro atoms. The molecule has 136 valence electrons. The van der Waals surface area contributed by atoms with Crippen LogP contribution in [0.5, 0.6) is 0 Å². The molecular formula is C21H20N4O2. The van der Waals surface area contributed by atoms with Crippen LogP contribution in [0.4, 0.5) is 0 Å². The summed E-state index contributed by atoms with van der Waals surface area (Å²) in [5, 5.41) is 5.71. The van der Waals surface area contributed by atoms with E-state index in [1.54, 1.807) is 0 Å². The van der Waals surface area contributed by atoms with Gasteiger partial charge in [-0.15, -0.1) is 0 Å². The molecule has 0 aliphatic heterocycles. The van der Waals surface area contributed by atoms with Crippen molar-refractivity contribution in [1.29, 1.82) is 0 Å². The summed E-state index contributed by atoms with van der Waals surface area (Å²) in [6.07, 6.45) is 9.51. The SMILES string of the molecule is Cc1cccc(CNC(=O)c2c[nH]n3c(=O)cc(C4=CCCC=C4)nc23)c1. The molecule has 0 atom stereocenters. The lowest BCUT2D eigenvalue weighted by Gasteiger charge is -2.07.